The molecule has 0 spiro atoms. The molecule has 22 heavy (non-hydrogen) atoms. The van der Waals surface area contributed by atoms with Gasteiger partial charge in [-0.15, -0.1) is 0 Å². The van der Waals surface area contributed by atoms with Gasteiger partial charge in [0, 0.05) is 11.6 Å². The molecule has 5 nitrogen and oxygen atoms in total. The van der Waals surface area contributed by atoms with E-state index in [9.17, 15) is 17.6 Å². The third kappa shape index (κ3) is 5.06. The van der Waals surface area contributed by atoms with Gasteiger partial charge in [-0.25, -0.2) is 0 Å². The van der Waals surface area contributed by atoms with Crippen LogP contribution in [0.15, 0.2) is 23.3 Å². The van der Waals surface area contributed by atoms with Crippen molar-refractivity contribution in [2.24, 2.45) is 5.10 Å². The topological polar surface area (TPSA) is 43.3 Å². The van der Waals surface area contributed by atoms with Crippen molar-refractivity contribution >= 4 is 6.21 Å². The largest absolute Gasteiger partial charge is 0.435 e. The predicted molar refractivity (Wildman–Crippen MR) is 69.7 cm³/mol. The summed E-state index contributed by atoms with van der Waals surface area (Å²) in [7, 11) is 0. The second-order valence-electron chi connectivity index (χ2n) is 4.27. The molecule has 1 saturated heterocycles. The average molecular weight is 322 g/mol. The number of alkyl halides is 4. The molecular formula is C13H14F4N2O3. The summed E-state index contributed by atoms with van der Waals surface area (Å²) in [6.07, 6.45) is 1.33. The highest BCUT2D eigenvalue weighted by Gasteiger charge is 2.13. The molecule has 1 aromatic carbocycles. The molecule has 0 saturated carbocycles. The van der Waals surface area contributed by atoms with Crippen LogP contribution in [0.3, 0.4) is 0 Å². The summed E-state index contributed by atoms with van der Waals surface area (Å²) in [6, 6.07) is 3.52. The highest BCUT2D eigenvalue weighted by Crippen LogP contribution is 2.26. The molecule has 0 radical (unpaired) electrons. The minimum absolute atomic E-state index is 0.230. The van der Waals surface area contributed by atoms with Gasteiger partial charge in [0.1, 0.15) is 11.5 Å². The number of ether oxygens (including phenoxy) is 3. The van der Waals surface area contributed by atoms with Crippen LogP contribution in [-0.2, 0) is 4.74 Å². The minimum Gasteiger partial charge on any atom is -0.435 e. The van der Waals surface area contributed by atoms with Gasteiger partial charge in [0.25, 0.3) is 0 Å². The summed E-state index contributed by atoms with van der Waals surface area (Å²) in [5.41, 5.74) is 0.230. The Kier molecular flexibility index (Phi) is 5.82. The van der Waals surface area contributed by atoms with Crippen LogP contribution in [0.1, 0.15) is 5.56 Å². The Bertz CT molecular complexity index is 508. The zero-order chi connectivity index (χ0) is 15.9. The van der Waals surface area contributed by atoms with E-state index in [0.717, 1.165) is 6.07 Å². The predicted octanol–water partition coefficient (Wildman–Crippen LogP) is 2.56. The number of morpholine rings is 1. The number of rotatable bonds is 6. The Morgan fingerprint density at radius 1 is 1.09 bits per heavy atom. The van der Waals surface area contributed by atoms with E-state index in [4.69, 9.17) is 4.74 Å². The first kappa shape index (κ1) is 16.3. The Balaban J connectivity index is 2.15. The Morgan fingerprint density at radius 3 is 2.41 bits per heavy atom. The van der Waals surface area contributed by atoms with Gasteiger partial charge in [0.2, 0.25) is 0 Å². The molecule has 1 aromatic rings. The summed E-state index contributed by atoms with van der Waals surface area (Å²) < 4.78 is 62.7. The van der Waals surface area contributed by atoms with E-state index >= 15 is 0 Å². The van der Waals surface area contributed by atoms with Crippen molar-refractivity contribution < 1.29 is 31.8 Å². The standard InChI is InChI=1S/C13H14F4N2O3/c14-12(15)21-10-2-1-9(11(7-10)22-13(16)17)8-18-19-3-5-20-6-4-19/h1-2,7-8,12-13H,3-6H2. The number of halogens is 4. The van der Waals surface area contributed by atoms with Gasteiger partial charge in [-0.1, -0.05) is 0 Å². The first-order valence-corrected chi connectivity index (χ1v) is 6.45. The molecule has 1 heterocycles. The molecule has 1 aliphatic heterocycles. The number of hydrogen-bond acceptors (Lipinski definition) is 5. The lowest BCUT2D eigenvalue weighted by Gasteiger charge is -2.23. The van der Waals surface area contributed by atoms with Gasteiger partial charge < -0.3 is 14.2 Å². The van der Waals surface area contributed by atoms with E-state index in [0.29, 0.717) is 26.3 Å². The molecule has 9 heteroatoms. The van der Waals surface area contributed by atoms with Crippen molar-refractivity contribution in [3.63, 3.8) is 0 Å². The molecule has 0 aliphatic carbocycles. The fourth-order valence-corrected chi connectivity index (χ4v) is 1.81. The molecule has 0 aromatic heterocycles. The van der Waals surface area contributed by atoms with Crippen LogP contribution in [0.2, 0.25) is 0 Å². The smallest absolute Gasteiger partial charge is 0.387 e. The van der Waals surface area contributed by atoms with E-state index in [2.05, 4.69) is 14.6 Å². The monoisotopic (exact) mass is 322 g/mol. The normalized spacial score (nSPS) is 15.8. The zero-order valence-electron chi connectivity index (χ0n) is 11.4. The average Bonchev–Trinajstić information content (AvgIpc) is 2.46. The lowest BCUT2D eigenvalue weighted by atomic mass is 10.2. The molecule has 2 rings (SSSR count). The highest BCUT2D eigenvalue weighted by molar-refractivity contribution is 5.83. The fourth-order valence-electron chi connectivity index (χ4n) is 1.81. The summed E-state index contributed by atoms with van der Waals surface area (Å²) in [6.45, 7) is -3.93. The first-order chi connectivity index (χ1) is 10.5. The molecular weight excluding hydrogens is 308 g/mol. The number of benzene rings is 1. The van der Waals surface area contributed by atoms with Crippen molar-refractivity contribution in [3.05, 3.63) is 23.8 Å². The van der Waals surface area contributed by atoms with E-state index < -0.39 is 13.2 Å². The van der Waals surface area contributed by atoms with Crippen LogP contribution in [0, 0.1) is 0 Å². The number of hydrazone groups is 1. The van der Waals surface area contributed by atoms with Crippen molar-refractivity contribution in [1.82, 2.24) is 5.01 Å². The second kappa shape index (κ2) is 7.83. The van der Waals surface area contributed by atoms with Crippen LogP contribution in [0.4, 0.5) is 17.6 Å². The van der Waals surface area contributed by atoms with Crippen LogP contribution < -0.4 is 9.47 Å². The van der Waals surface area contributed by atoms with Gasteiger partial charge >= 0.3 is 13.2 Å². The maximum atomic E-state index is 12.4. The molecule has 0 N–H and O–H groups in total. The van der Waals surface area contributed by atoms with Crippen LogP contribution in [0.25, 0.3) is 0 Å². The summed E-state index contributed by atoms with van der Waals surface area (Å²) >= 11 is 0. The Hall–Kier alpha value is -2.03. The second-order valence-corrected chi connectivity index (χ2v) is 4.27. The summed E-state index contributed by atoms with van der Waals surface area (Å²) in [4.78, 5) is 0. The molecule has 122 valence electrons. The lowest BCUT2D eigenvalue weighted by Crippen LogP contribution is -2.32. The summed E-state index contributed by atoms with van der Waals surface area (Å²) in [5, 5.41) is 5.83. The van der Waals surface area contributed by atoms with Crippen LogP contribution >= 0.6 is 0 Å². The first-order valence-electron chi connectivity index (χ1n) is 6.45. The van der Waals surface area contributed by atoms with Gasteiger partial charge in [-0.05, 0) is 12.1 Å². The van der Waals surface area contributed by atoms with Gasteiger partial charge in [-0.3, -0.25) is 5.01 Å². The maximum absolute atomic E-state index is 12.4. The molecule has 0 unspecified atom stereocenters. The van der Waals surface area contributed by atoms with Gasteiger partial charge in [-0.2, -0.15) is 22.7 Å². The van der Waals surface area contributed by atoms with Crippen LogP contribution in [-0.4, -0.2) is 50.7 Å². The van der Waals surface area contributed by atoms with Crippen molar-refractivity contribution in [2.75, 3.05) is 26.3 Å². The van der Waals surface area contributed by atoms with E-state index in [1.54, 1.807) is 5.01 Å². The molecule has 1 aliphatic rings. The number of hydrogen-bond donors (Lipinski definition) is 0. The van der Waals surface area contributed by atoms with Crippen molar-refractivity contribution in [3.8, 4) is 11.5 Å². The minimum atomic E-state index is -3.09. The molecule has 1 fully saturated rings. The fraction of sp³-hybridized carbons (Fsp3) is 0.462. The zero-order valence-corrected chi connectivity index (χ0v) is 11.4. The molecule has 0 bridgehead atoms. The SMILES string of the molecule is FC(F)Oc1ccc(C=NN2CCOCC2)c(OC(F)F)c1. The van der Waals surface area contributed by atoms with Crippen LogP contribution in [0.5, 0.6) is 11.5 Å². The van der Waals surface area contributed by atoms with E-state index in [1.807, 2.05) is 0 Å². The van der Waals surface area contributed by atoms with Gasteiger partial charge in [0.05, 0.1) is 32.5 Å². The molecule has 0 atom stereocenters. The third-order valence-electron chi connectivity index (χ3n) is 2.77. The maximum Gasteiger partial charge on any atom is 0.387 e. The third-order valence-corrected chi connectivity index (χ3v) is 2.77. The molecule has 0 amide bonds. The van der Waals surface area contributed by atoms with E-state index in [1.165, 1.54) is 18.3 Å². The number of nitrogens with zero attached hydrogens (tertiary/aromatic N) is 2. The summed E-state index contributed by atoms with van der Waals surface area (Å²) in [5.74, 6) is -0.556. The lowest BCUT2D eigenvalue weighted by molar-refractivity contribution is -0.0543. The van der Waals surface area contributed by atoms with Crippen molar-refractivity contribution in [1.29, 1.82) is 0 Å². The Morgan fingerprint density at radius 2 is 1.77 bits per heavy atom. The Labute approximate surface area is 124 Å². The quantitative estimate of drug-likeness (QED) is 0.596. The van der Waals surface area contributed by atoms with E-state index in [-0.39, 0.29) is 17.1 Å². The van der Waals surface area contributed by atoms with Gasteiger partial charge in [0.15, 0.2) is 0 Å². The highest BCUT2D eigenvalue weighted by atomic mass is 19.3. The van der Waals surface area contributed by atoms with Crippen molar-refractivity contribution in [2.45, 2.75) is 13.2 Å².